The molecule has 1 aliphatic rings. The summed E-state index contributed by atoms with van der Waals surface area (Å²) in [7, 11) is 0. The lowest BCUT2D eigenvalue weighted by Crippen LogP contribution is -2.23. The van der Waals surface area contributed by atoms with Gasteiger partial charge in [0.2, 0.25) is 5.91 Å². The molecular formula is C15H17BrFNO. The van der Waals surface area contributed by atoms with Crippen LogP contribution in [0.4, 0.5) is 4.39 Å². The molecule has 0 fully saturated rings. The number of rotatable bonds is 4. The summed E-state index contributed by atoms with van der Waals surface area (Å²) in [5, 5.41) is 2.77. The van der Waals surface area contributed by atoms with Gasteiger partial charge in [-0.15, -0.1) is 0 Å². The number of carbonyl (C=O) groups excluding carboxylic acids is 1. The summed E-state index contributed by atoms with van der Waals surface area (Å²) < 4.78 is 14.3. The molecular weight excluding hydrogens is 309 g/mol. The monoisotopic (exact) mass is 325 g/mol. The van der Waals surface area contributed by atoms with Crippen LogP contribution >= 0.6 is 15.9 Å². The van der Waals surface area contributed by atoms with Crippen LogP contribution in [0.25, 0.3) is 0 Å². The maximum Gasteiger partial charge on any atom is 0.224 e. The van der Waals surface area contributed by atoms with E-state index in [0.717, 1.165) is 17.3 Å². The number of halogens is 2. The zero-order valence-corrected chi connectivity index (χ0v) is 12.3. The molecule has 0 saturated carbocycles. The first-order chi connectivity index (χ1) is 9.15. The maximum atomic E-state index is 13.5. The molecule has 1 amide bonds. The zero-order valence-electron chi connectivity index (χ0n) is 10.7. The lowest BCUT2D eigenvalue weighted by molar-refractivity contribution is -0.120. The van der Waals surface area contributed by atoms with E-state index in [1.54, 1.807) is 12.1 Å². The smallest absolute Gasteiger partial charge is 0.224 e. The Bertz CT molecular complexity index is 499. The van der Waals surface area contributed by atoms with E-state index in [9.17, 15) is 9.18 Å². The minimum Gasteiger partial charge on any atom is -0.352 e. The van der Waals surface area contributed by atoms with Crippen LogP contribution in [0.1, 0.15) is 37.7 Å². The molecule has 19 heavy (non-hydrogen) atoms. The van der Waals surface area contributed by atoms with Crippen LogP contribution in [0.5, 0.6) is 0 Å². The van der Waals surface area contributed by atoms with E-state index < -0.39 is 0 Å². The second kappa shape index (κ2) is 6.85. The second-order valence-electron chi connectivity index (χ2n) is 4.80. The predicted molar refractivity (Wildman–Crippen MR) is 77.1 cm³/mol. The van der Waals surface area contributed by atoms with Gasteiger partial charge in [-0.2, -0.15) is 0 Å². The Morgan fingerprint density at radius 3 is 2.95 bits per heavy atom. The number of carbonyl (C=O) groups is 1. The van der Waals surface area contributed by atoms with Crippen molar-refractivity contribution in [1.29, 1.82) is 0 Å². The van der Waals surface area contributed by atoms with E-state index in [1.807, 2.05) is 0 Å². The highest BCUT2D eigenvalue weighted by Gasteiger charge is 2.10. The van der Waals surface area contributed by atoms with Crippen molar-refractivity contribution in [1.82, 2.24) is 5.32 Å². The van der Waals surface area contributed by atoms with E-state index >= 15 is 0 Å². The molecule has 4 heteroatoms. The summed E-state index contributed by atoms with van der Waals surface area (Å²) >= 11 is 3.29. The fraction of sp³-hybridized carbons (Fsp3) is 0.400. The molecule has 0 spiro atoms. The second-order valence-corrected chi connectivity index (χ2v) is 5.71. The van der Waals surface area contributed by atoms with Crippen LogP contribution in [0, 0.1) is 5.82 Å². The predicted octanol–water partition coefficient (Wildman–Crippen LogP) is 4.09. The first-order valence-corrected chi connectivity index (χ1v) is 7.33. The molecule has 0 saturated heterocycles. The van der Waals surface area contributed by atoms with Gasteiger partial charge in [-0.1, -0.05) is 27.6 Å². The minimum atomic E-state index is -0.291. The quantitative estimate of drug-likeness (QED) is 0.830. The van der Waals surface area contributed by atoms with Crippen molar-refractivity contribution in [2.75, 3.05) is 0 Å². The van der Waals surface area contributed by atoms with Crippen LogP contribution in [0.3, 0.4) is 0 Å². The van der Waals surface area contributed by atoms with Crippen molar-refractivity contribution in [2.45, 2.75) is 38.6 Å². The average Bonchev–Trinajstić information content (AvgIpc) is 2.41. The largest absolute Gasteiger partial charge is 0.352 e. The van der Waals surface area contributed by atoms with Gasteiger partial charge < -0.3 is 5.32 Å². The standard InChI is InChI=1S/C15H17BrFNO/c16-13-6-7-14(17)12(9-13)10-18-15(19)8-11-4-2-1-3-5-11/h4,6-7,9H,1-3,5,8,10H2,(H,18,19). The van der Waals surface area contributed by atoms with Gasteiger partial charge in [0, 0.05) is 23.0 Å². The fourth-order valence-electron chi connectivity index (χ4n) is 2.21. The van der Waals surface area contributed by atoms with E-state index in [-0.39, 0.29) is 18.3 Å². The van der Waals surface area contributed by atoms with Gasteiger partial charge in [-0.05, 0) is 43.9 Å². The molecule has 2 nitrogen and oxygen atoms in total. The Kier molecular flexibility index (Phi) is 5.14. The third-order valence-corrected chi connectivity index (χ3v) is 3.75. The number of allylic oxidation sites excluding steroid dienone is 1. The Labute approximate surface area is 121 Å². The lowest BCUT2D eigenvalue weighted by atomic mass is 9.97. The van der Waals surface area contributed by atoms with Crippen molar-refractivity contribution in [3.05, 3.63) is 45.7 Å². The Morgan fingerprint density at radius 2 is 2.21 bits per heavy atom. The molecule has 2 rings (SSSR count). The van der Waals surface area contributed by atoms with Crippen LogP contribution in [-0.4, -0.2) is 5.91 Å². The molecule has 0 unspecified atom stereocenters. The van der Waals surface area contributed by atoms with Crippen molar-refractivity contribution in [2.24, 2.45) is 0 Å². The summed E-state index contributed by atoms with van der Waals surface area (Å²) in [5.74, 6) is -0.326. The summed E-state index contributed by atoms with van der Waals surface area (Å²) in [6.07, 6.45) is 7.06. The van der Waals surface area contributed by atoms with Crippen LogP contribution in [0.15, 0.2) is 34.3 Å². The van der Waals surface area contributed by atoms with Gasteiger partial charge in [0.05, 0.1) is 0 Å². The number of hydrogen-bond acceptors (Lipinski definition) is 1. The van der Waals surface area contributed by atoms with Crippen LogP contribution in [-0.2, 0) is 11.3 Å². The Morgan fingerprint density at radius 1 is 1.37 bits per heavy atom. The molecule has 1 N–H and O–H groups in total. The molecule has 102 valence electrons. The first kappa shape index (κ1) is 14.3. The van der Waals surface area contributed by atoms with Crippen molar-refractivity contribution in [3.8, 4) is 0 Å². The molecule has 0 aliphatic heterocycles. The Balaban J connectivity index is 1.86. The van der Waals surface area contributed by atoms with Gasteiger partial charge in [0.25, 0.3) is 0 Å². The molecule has 0 heterocycles. The molecule has 1 aromatic rings. The van der Waals surface area contributed by atoms with Gasteiger partial charge in [-0.25, -0.2) is 4.39 Å². The molecule has 0 aromatic heterocycles. The molecule has 1 aromatic carbocycles. The average molecular weight is 326 g/mol. The number of hydrogen-bond donors (Lipinski definition) is 1. The van der Waals surface area contributed by atoms with Crippen LogP contribution < -0.4 is 5.32 Å². The van der Waals surface area contributed by atoms with E-state index in [2.05, 4.69) is 27.3 Å². The first-order valence-electron chi connectivity index (χ1n) is 6.53. The highest BCUT2D eigenvalue weighted by molar-refractivity contribution is 9.10. The molecule has 0 radical (unpaired) electrons. The Hall–Kier alpha value is -1.16. The lowest BCUT2D eigenvalue weighted by Gasteiger charge is -2.12. The number of nitrogens with one attached hydrogen (secondary N) is 1. The number of amides is 1. The van der Waals surface area contributed by atoms with Gasteiger partial charge in [0.1, 0.15) is 5.82 Å². The third-order valence-electron chi connectivity index (χ3n) is 3.26. The molecule has 1 aliphatic carbocycles. The minimum absolute atomic E-state index is 0.0347. The van der Waals surface area contributed by atoms with Crippen LogP contribution in [0.2, 0.25) is 0 Å². The topological polar surface area (TPSA) is 29.1 Å². The van der Waals surface area contributed by atoms with Crippen molar-refractivity contribution >= 4 is 21.8 Å². The van der Waals surface area contributed by atoms with Crippen molar-refractivity contribution in [3.63, 3.8) is 0 Å². The highest BCUT2D eigenvalue weighted by Crippen LogP contribution is 2.20. The third kappa shape index (κ3) is 4.46. The number of benzene rings is 1. The van der Waals surface area contributed by atoms with E-state index in [0.29, 0.717) is 12.0 Å². The summed E-state index contributed by atoms with van der Waals surface area (Å²) in [6.45, 7) is 0.234. The van der Waals surface area contributed by atoms with E-state index in [4.69, 9.17) is 0 Å². The summed E-state index contributed by atoms with van der Waals surface area (Å²) in [4.78, 5) is 11.8. The van der Waals surface area contributed by atoms with Gasteiger partial charge in [-0.3, -0.25) is 4.79 Å². The fourth-order valence-corrected chi connectivity index (χ4v) is 2.62. The normalized spacial score (nSPS) is 14.9. The summed E-state index contributed by atoms with van der Waals surface area (Å²) in [6, 6.07) is 4.73. The molecule has 0 atom stereocenters. The highest BCUT2D eigenvalue weighted by atomic mass is 79.9. The van der Waals surface area contributed by atoms with Crippen molar-refractivity contribution < 1.29 is 9.18 Å². The van der Waals surface area contributed by atoms with Gasteiger partial charge >= 0.3 is 0 Å². The molecule has 0 bridgehead atoms. The SMILES string of the molecule is O=C(CC1=CCCCC1)NCc1cc(Br)ccc1F. The summed E-state index contributed by atoms with van der Waals surface area (Å²) in [5.41, 5.74) is 1.71. The van der Waals surface area contributed by atoms with Gasteiger partial charge in [0.15, 0.2) is 0 Å². The van der Waals surface area contributed by atoms with E-state index in [1.165, 1.54) is 24.5 Å². The maximum absolute atomic E-state index is 13.5. The zero-order chi connectivity index (χ0) is 13.7.